The molecular formula is C35H59NO12. The van der Waals surface area contributed by atoms with E-state index in [1.165, 1.54) is 64.7 Å². The number of amides is 1. The largest absolute Gasteiger partial charge is 0.463 e. The molecule has 7 atom stereocenters. The van der Waals surface area contributed by atoms with Gasteiger partial charge in [-0.2, -0.15) is 0 Å². The summed E-state index contributed by atoms with van der Waals surface area (Å²) < 4.78 is 33.2. The molecular weight excluding hydrogens is 626 g/mol. The van der Waals surface area contributed by atoms with Crippen LogP contribution in [0.1, 0.15) is 125 Å². The standard InChI is InChI=1S/C35H59NO12/c1-7-9-10-11-12-13-14-15-16-17-18-19-20-21-29(41)28(36-31(42)8-2)22-44-35-34(47-27(6)40)33(46-26(5)39)32(45-25(4)38)30(48-35)23-43-24(3)37/h20-21,28-30,32-35,41H,7-19,22-23H2,1-6H3,(H,36,42)/b21-20+/t28-,29+,30+,32-,33-,34+,35+/m0/s1. The van der Waals surface area contributed by atoms with Gasteiger partial charge in [0.25, 0.3) is 0 Å². The topological polar surface area (TPSA) is 173 Å². The van der Waals surface area contributed by atoms with E-state index in [0.29, 0.717) is 0 Å². The van der Waals surface area contributed by atoms with Gasteiger partial charge in [0.15, 0.2) is 24.6 Å². The normalized spacial score (nSPS) is 22.0. The number of aliphatic hydroxyl groups is 1. The van der Waals surface area contributed by atoms with E-state index in [-0.39, 0.29) is 18.9 Å². The van der Waals surface area contributed by atoms with Crippen molar-refractivity contribution in [3.05, 3.63) is 12.2 Å². The minimum Gasteiger partial charge on any atom is -0.463 e. The molecule has 0 unspecified atom stereocenters. The van der Waals surface area contributed by atoms with Crippen LogP contribution in [0, 0.1) is 0 Å². The summed E-state index contributed by atoms with van der Waals surface area (Å²) in [6, 6.07) is -0.919. The van der Waals surface area contributed by atoms with Gasteiger partial charge in [-0.05, 0) is 12.8 Å². The van der Waals surface area contributed by atoms with Crippen LogP contribution in [-0.2, 0) is 52.4 Å². The molecule has 48 heavy (non-hydrogen) atoms. The smallest absolute Gasteiger partial charge is 0.303 e. The van der Waals surface area contributed by atoms with E-state index in [4.69, 9.17) is 28.4 Å². The van der Waals surface area contributed by atoms with Crippen LogP contribution in [0.25, 0.3) is 0 Å². The van der Waals surface area contributed by atoms with Crippen LogP contribution in [0.2, 0.25) is 0 Å². The van der Waals surface area contributed by atoms with E-state index in [9.17, 15) is 29.1 Å². The van der Waals surface area contributed by atoms with Gasteiger partial charge in [0.1, 0.15) is 12.7 Å². The van der Waals surface area contributed by atoms with Gasteiger partial charge in [0.2, 0.25) is 5.91 Å². The number of carbonyl (C=O) groups is 5. The molecule has 0 radical (unpaired) electrons. The lowest BCUT2D eigenvalue weighted by molar-refractivity contribution is -0.309. The van der Waals surface area contributed by atoms with Crippen molar-refractivity contribution in [2.75, 3.05) is 13.2 Å². The maximum atomic E-state index is 12.3. The van der Waals surface area contributed by atoms with Crippen LogP contribution in [0.4, 0.5) is 0 Å². The van der Waals surface area contributed by atoms with Crippen molar-refractivity contribution in [2.45, 2.75) is 168 Å². The monoisotopic (exact) mass is 685 g/mol. The molecule has 276 valence electrons. The molecule has 0 aromatic rings. The third kappa shape index (κ3) is 18.5. The maximum Gasteiger partial charge on any atom is 0.303 e. The molecule has 0 aliphatic carbocycles. The van der Waals surface area contributed by atoms with E-state index in [2.05, 4.69) is 12.2 Å². The second kappa shape index (κ2) is 25.0. The first-order valence-corrected chi connectivity index (χ1v) is 17.5. The lowest BCUT2D eigenvalue weighted by Gasteiger charge is -2.44. The van der Waals surface area contributed by atoms with Gasteiger partial charge in [-0.3, -0.25) is 24.0 Å². The van der Waals surface area contributed by atoms with Crippen LogP contribution < -0.4 is 5.32 Å². The highest BCUT2D eigenvalue weighted by Crippen LogP contribution is 2.30. The third-order valence-corrected chi connectivity index (χ3v) is 7.78. The first-order valence-electron chi connectivity index (χ1n) is 17.5. The fourth-order valence-corrected chi connectivity index (χ4v) is 5.35. The van der Waals surface area contributed by atoms with Gasteiger partial charge in [-0.25, -0.2) is 0 Å². The van der Waals surface area contributed by atoms with Gasteiger partial charge in [0.05, 0.1) is 18.8 Å². The van der Waals surface area contributed by atoms with Crippen LogP contribution in [-0.4, -0.2) is 91.0 Å². The zero-order chi connectivity index (χ0) is 35.9. The van der Waals surface area contributed by atoms with Crippen LogP contribution in [0.15, 0.2) is 12.2 Å². The number of ether oxygens (including phenoxy) is 6. The molecule has 1 aliphatic heterocycles. The van der Waals surface area contributed by atoms with Crippen molar-refractivity contribution in [1.82, 2.24) is 5.32 Å². The van der Waals surface area contributed by atoms with Gasteiger partial charge in [0, 0.05) is 34.1 Å². The number of rotatable bonds is 24. The Labute approximate surface area is 285 Å². The number of aliphatic hydroxyl groups excluding tert-OH is 1. The predicted molar refractivity (Wildman–Crippen MR) is 176 cm³/mol. The molecule has 1 aliphatic rings. The minimum atomic E-state index is -1.43. The van der Waals surface area contributed by atoms with Crippen molar-refractivity contribution in [3.8, 4) is 0 Å². The molecule has 0 spiro atoms. The number of allylic oxidation sites excluding steroid dienone is 1. The first-order chi connectivity index (χ1) is 22.9. The van der Waals surface area contributed by atoms with Gasteiger partial charge in [-0.15, -0.1) is 0 Å². The second-order valence-electron chi connectivity index (χ2n) is 12.2. The molecule has 1 fully saturated rings. The average Bonchev–Trinajstić information content (AvgIpc) is 3.02. The SMILES string of the molecule is CCCCCCCCCCCCC/C=C/[C@@H](O)[C@H](CO[C@@H]1O[C@H](COC(C)=O)[C@H](OC(C)=O)[C@H](OC(C)=O)[C@H]1OC(C)=O)NC(=O)CC. The highest BCUT2D eigenvalue weighted by molar-refractivity contribution is 5.76. The third-order valence-electron chi connectivity index (χ3n) is 7.78. The molecule has 2 N–H and O–H groups in total. The molecule has 0 bridgehead atoms. The molecule has 0 aromatic heterocycles. The summed E-state index contributed by atoms with van der Waals surface area (Å²) in [5.41, 5.74) is 0. The Kier molecular flexibility index (Phi) is 22.4. The number of hydrogen-bond donors (Lipinski definition) is 2. The van der Waals surface area contributed by atoms with Crippen molar-refractivity contribution in [2.24, 2.45) is 0 Å². The Morgan fingerprint density at radius 2 is 1.25 bits per heavy atom. The predicted octanol–water partition coefficient (Wildman–Crippen LogP) is 4.60. The van der Waals surface area contributed by atoms with Gasteiger partial charge >= 0.3 is 23.9 Å². The molecule has 1 amide bonds. The fraction of sp³-hybridized carbons (Fsp3) is 0.800. The number of esters is 4. The quantitative estimate of drug-likeness (QED) is 0.0627. The highest BCUT2D eigenvalue weighted by Gasteiger charge is 2.53. The van der Waals surface area contributed by atoms with Gasteiger partial charge in [-0.1, -0.05) is 90.2 Å². The van der Waals surface area contributed by atoms with Crippen molar-refractivity contribution < 1.29 is 57.5 Å². The molecule has 0 aromatic carbocycles. The van der Waals surface area contributed by atoms with Crippen molar-refractivity contribution in [1.29, 1.82) is 0 Å². The molecule has 0 saturated carbocycles. The molecule has 13 nitrogen and oxygen atoms in total. The van der Waals surface area contributed by atoms with E-state index < -0.39 is 73.3 Å². The van der Waals surface area contributed by atoms with E-state index >= 15 is 0 Å². The van der Waals surface area contributed by atoms with Gasteiger partial charge < -0.3 is 38.8 Å². The lowest BCUT2D eigenvalue weighted by atomic mass is 9.98. The maximum absolute atomic E-state index is 12.3. The summed E-state index contributed by atoms with van der Waals surface area (Å²) in [5, 5.41) is 13.7. The zero-order valence-electron chi connectivity index (χ0n) is 29.7. The Morgan fingerprint density at radius 3 is 1.77 bits per heavy atom. The average molecular weight is 686 g/mol. The summed E-state index contributed by atoms with van der Waals surface area (Å²) >= 11 is 0. The van der Waals surface area contributed by atoms with Crippen LogP contribution >= 0.6 is 0 Å². The number of hydrogen-bond acceptors (Lipinski definition) is 12. The van der Waals surface area contributed by atoms with E-state index in [0.717, 1.165) is 40.0 Å². The minimum absolute atomic E-state index is 0.157. The lowest BCUT2D eigenvalue weighted by Crippen LogP contribution is -2.63. The first kappa shape index (κ1) is 43.0. The molecule has 1 heterocycles. The van der Waals surface area contributed by atoms with E-state index in [1.807, 2.05) is 6.08 Å². The van der Waals surface area contributed by atoms with Crippen LogP contribution in [0.3, 0.4) is 0 Å². The fourth-order valence-electron chi connectivity index (χ4n) is 5.35. The van der Waals surface area contributed by atoms with E-state index in [1.54, 1.807) is 13.0 Å². The summed E-state index contributed by atoms with van der Waals surface area (Å²) in [6.07, 6.45) is 10.1. The Morgan fingerprint density at radius 1 is 0.729 bits per heavy atom. The number of unbranched alkanes of at least 4 members (excludes halogenated alkanes) is 11. The Hall–Kier alpha value is -3.03. The molecule has 1 saturated heterocycles. The van der Waals surface area contributed by atoms with Crippen molar-refractivity contribution in [3.63, 3.8) is 0 Å². The summed E-state index contributed by atoms with van der Waals surface area (Å²) in [4.78, 5) is 60.0. The molecule has 1 rings (SSSR count). The number of carbonyl (C=O) groups excluding carboxylic acids is 5. The Bertz CT molecular complexity index is 1000. The summed E-state index contributed by atoms with van der Waals surface area (Å²) in [5.74, 6) is -3.26. The highest BCUT2D eigenvalue weighted by atomic mass is 16.7. The summed E-state index contributed by atoms with van der Waals surface area (Å²) in [7, 11) is 0. The Balaban J connectivity index is 2.93. The second-order valence-corrected chi connectivity index (χ2v) is 12.2. The zero-order valence-corrected chi connectivity index (χ0v) is 29.7. The molecule has 13 heteroatoms. The van der Waals surface area contributed by atoms with Crippen molar-refractivity contribution >= 4 is 29.8 Å². The number of nitrogens with one attached hydrogen (secondary N) is 1. The summed E-state index contributed by atoms with van der Waals surface area (Å²) in [6.45, 7) is 7.74. The van der Waals surface area contributed by atoms with Crippen LogP contribution in [0.5, 0.6) is 0 Å².